The first kappa shape index (κ1) is 24.9. The maximum Gasteiger partial charge on any atom is 0.262 e. The summed E-state index contributed by atoms with van der Waals surface area (Å²) in [4.78, 5) is 31.8. The van der Waals surface area contributed by atoms with Gasteiger partial charge in [-0.15, -0.1) is 0 Å². The monoisotopic (exact) mass is 496 g/mol. The molecular weight excluding hydrogens is 464 g/mol. The van der Waals surface area contributed by atoms with Crippen molar-refractivity contribution in [2.45, 2.75) is 49.8 Å². The first-order valence-electron chi connectivity index (χ1n) is 12.2. The number of aliphatic imine (C=N–C) groups is 1. The lowest BCUT2D eigenvalue weighted by molar-refractivity contribution is -0.133. The van der Waals surface area contributed by atoms with Gasteiger partial charge in [0.25, 0.3) is 10.0 Å². The van der Waals surface area contributed by atoms with Crippen LogP contribution >= 0.6 is 0 Å². The Kier molecular flexibility index (Phi) is 8.17. The van der Waals surface area contributed by atoms with E-state index in [1.54, 1.807) is 17.0 Å². The molecule has 1 unspecified atom stereocenters. The molecule has 0 radical (unpaired) electrons. The quantitative estimate of drug-likeness (QED) is 0.639. The van der Waals surface area contributed by atoms with Crippen LogP contribution in [0.2, 0.25) is 0 Å². The van der Waals surface area contributed by atoms with Crippen LogP contribution < -0.4 is 10.0 Å². The number of nitrogens with one attached hydrogen (secondary N) is 2. The number of sulfonamides is 1. The molecule has 0 aromatic heterocycles. The van der Waals surface area contributed by atoms with Crippen LogP contribution in [-0.2, 0) is 26.0 Å². The zero-order chi connectivity index (χ0) is 24.7. The summed E-state index contributed by atoms with van der Waals surface area (Å²) in [7, 11) is -3.72. The summed E-state index contributed by atoms with van der Waals surface area (Å²) in [5, 5.41) is 2.87. The van der Waals surface area contributed by atoms with Gasteiger partial charge in [0.05, 0.1) is 17.2 Å². The fourth-order valence-corrected chi connectivity index (χ4v) is 5.52. The lowest BCUT2D eigenvalue weighted by Gasteiger charge is -2.32. The van der Waals surface area contributed by atoms with E-state index in [2.05, 4.69) is 15.0 Å². The molecule has 2 heterocycles. The van der Waals surface area contributed by atoms with Crippen molar-refractivity contribution in [1.82, 2.24) is 9.62 Å². The summed E-state index contributed by atoms with van der Waals surface area (Å²) in [5.74, 6) is 0.0585. The molecule has 0 aliphatic carbocycles. The van der Waals surface area contributed by atoms with Crippen molar-refractivity contribution < 1.29 is 18.0 Å². The number of hydrogen-bond donors (Lipinski definition) is 2. The van der Waals surface area contributed by atoms with Crippen LogP contribution in [-0.4, -0.2) is 50.6 Å². The highest BCUT2D eigenvalue weighted by molar-refractivity contribution is 7.90. The Hall–Kier alpha value is -3.20. The number of anilines is 1. The van der Waals surface area contributed by atoms with Crippen LogP contribution in [0.4, 0.5) is 5.69 Å². The molecule has 2 aromatic carbocycles. The second-order valence-corrected chi connectivity index (χ2v) is 10.8. The van der Waals surface area contributed by atoms with E-state index in [0.29, 0.717) is 50.4 Å². The van der Waals surface area contributed by atoms with E-state index in [9.17, 15) is 18.0 Å². The smallest absolute Gasteiger partial charge is 0.262 e. The normalized spacial score (nSPS) is 18.8. The van der Waals surface area contributed by atoms with Crippen molar-refractivity contribution in [3.8, 4) is 0 Å². The van der Waals surface area contributed by atoms with Crippen molar-refractivity contribution in [1.29, 1.82) is 0 Å². The van der Waals surface area contributed by atoms with E-state index in [0.717, 1.165) is 31.2 Å². The van der Waals surface area contributed by atoms with Crippen LogP contribution in [0.3, 0.4) is 0 Å². The summed E-state index contributed by atoms with van der Waals surface area (Å²) in [5.41, 5.74) is 1.48. The Morgan fingerprint density at radius 3 is 2.51 bits per heavy atom. The molecule has 1 saturated heterocycles. The fraction of sp³-hybridized carbons (Fsp3) is 0.423. The standard InChI is InChI=1S/C26H32N4O4S/c31-25(18-20-8-3-1-4-9-20)30-17-7-10-21(19-30)26(32)28-22-12-14-23(15-13-22)35(33,34)29-24-11-5-2-6-16-27-24/h1,3-4,8-9,12-15,21H,2,5-7,10-11,16-19H2,(H,27,29)(H,28,32). The van der Waals surface area contributed by atoms with Crippen LogP contribution in [0.5, 0.6) is 0 Å². The molecule has 2 aliphatic heterocycles. The van der Waals surface area contributed by atoms with E-state index in [1.165, 1.54) is 12.1 Å². The van der Waals surface area contributed by atoms with Gasteiger partial charge < -0.3 is 10.2 Å². The largest absolute Gasteiger partial charge is 0.342 e. The number of benzene rings is 2. The van der Waals surface area contributed by atoms with E-state index in [1.807, 2.05) is 30.3 Å². The molecule has 186 valence electrons. The minimum Gasteiger partial charge on any atom is -0.342 e. The van der Waals surface area contributed by atoms with E-state index in [-0.39, 0.29) is 22.6 Å². The third-order valence-electron chi connectivity index (χ3n) is 6.40. The fourth-order valence-electron chi connectivity index (χ4n) is 4.43. The van der Waals surface area contributed by atoms with Crippen LogP contribution in [0.25, 0.3) is 0 Å². The lowest BCUT2D eigenvalue weighted by atomic mass is 9.96. The first-order valence-corrected chi connectivity index (χ1v) is 13.7. The number of amidine groups is 1. The molecule has 1 atom stereocenters. The van der Waals surface area contributed by atoms with E-state index >= 15 is 0 Å². The molecule has 9 heteroatoms. The summed E-state index contributed by atoms with van der Waals surface area (Å²) >= 11 is 0. The molecular formula is C26H32N4O4S. The highest BCUT2D eigenvalue weighted by atomic mass is 32.2. The van der Waals surface area contributed by atoms with Gasteiger partial charge in [-0.2, -0.15) is 0 Å². The summed E-state index contributed by atoms with van der Waals surface area (Å²) in [6, 6.07) is 15.7. The number of piperidine rings is 1. The Bertz CT molecular complexity index is 1160. The van der Waals surface area contributed by atoms with Crippen molar-refractivity contribution >= 4 is 33.4 Å². The van der Waals surface area contributed by atoms with Crippen molar-refractivity contribution in [2.75, 3.05) is 25.0 Å². The second kappa shape index (κ2) is 11.5. The Morgan fingerprint density at radius 1 is 0.971 bits per heavy atom. The van der Waals surface area contributed by atoms with Gasteiger partial charge in [-0.1, -0.05) is 36.8 Å². The van der Waals surface area contributed by atoms with Crippen LogP contribution in [0.15, 0.2) is 64.5 Å². The molecule has 4 rings (SSSR count). The van der Waals surface area contributed by atoms with E-state index < -0.39 is 10.0 Å². The molecule has 0 saturated carbocycles. The van der Waals surface area contributed by atoms with Gasteiger partial charge in [0.1, 0.15) is 5.84 Å². The molecule has 2 aliphatic rings. The van der Waals surface area contributed by atoms with Crippen molar-refractivity contribution in [3.63, 3.8) is 0 Å². The number of likely N-dealkylation sites (tertiary alicyclic amines) is 1. The highest BCUT2D eigenvalue weighted by Crippen LogP contribution is 2.21. The van der Waals surface area contributed by atoms with Crippen LogP contribution in [0.1, 0.15) is 44.1 Å². The van der Waals surface area contributed by atoms with Gasteiger partial charge in [0, 0.05) is 31.7 Å². The van der Waals surface area contributed by atoms with Crippen molar-refractivity contribution in [3.05, 3.63) is 60.2 Å². The Morgan fingerprint density at radius 2 is 1.74 bits per heavy atom. The minimum absolute atomic E-state index is 0.0223. The predicted molar refractivity (Wildman–Crippen MR) is 136 cm³/mol. The average Bonchev–Trinajstić information content (AvgIpc) is 3.13. The molecule has 2 amide bonds. The molecule has 2 aromatic rings. The van der Waals surface area contributed by atoms with Gasteiger partial charge in [-0.3, -0.25) is 19.3 Å². The second-order valence-electron chi connectivity index (χ2n) is 9.10. The van der Waals surface area contributed by atoms with Gasteiger partial charge in [0.2, 0.25) is 11.8 Å². The van der Waals surface area contributed by atoms with Gasteiger partial charge in [0.15, 0.2) is 0 Å². The SMILES string of the molecule is O=C(Nc1ccc(S(=O)(=O)NC2=NCCCCC2)cc1)C1CCCN(C(=O)Cc2ccccc2)C1. The average molecular weight is 497 g/mol. The summed E-state index contributed by atoms with van der Waals surface area (Å²) < 4.78 is 28.0. The zero-order valence-electron chi connectivity index (χ0n) is 19.8. The Balaban J connectivity index is 1.33. The topological polar surface area (TPSA) is 108 Å². The highest BCUT2D eigenvalue weighted by Gasteiger charge is 2.28. The molecule has 1 fully saturated rings. The minimum atomic E-state index is -3.72. The maximum atomic E-state index is 12.9. The number of rotatable bonds is 6. The third kappa shape index (κ3) is 6.91. The first-order chi connectivity index (χ1) is 16.9. The Labute approximate surface area is 206 Å². The van der Waals surface area contributed by atoms with Crippen molar-refractivity contribution in [2.24, 2.45) is 10.9 Å². The van der Waals surface area contributed by atoms with Gasteiger partial charge in [-0.25, -0.2) is 8.42 Å². The van der Waals surface area contributed by atoms with E-state index in [4.69, 9.17) is 0 Å². The number of carbonyl (C=O) groups excluding carboxylic acids is 2. The molecule has 0 bridgehead atoms. The van der Waals surface area contributed by atoms with Gasteiger partial charge >= 0.3 is 0 Å². The maximum absolute atomic E-state index is 12.9. The summed E-state index contributed by atoms with van der Waals surface area (Å²) in [6.45, 7) is 1.68. The molecule has 0 spiro atoms. The van der Waals surface area contributed by atoms with Crippen LogP contribution in [0, 0.1) is 5.92 Å². The zero-order valence-corrected chi connectivity index (χ0v) is 20.6. The number of carbonyl (C=O) groups is 2. The molecule has 35 heavy (non-hydrogen) atoms. The number of amides is 2. The number of hydrogen-bond acceptors (Lipinski definition) is 5. The lowest BCUT2D eigenvalue weighted by Crippen LogP contribution is -2.44. The third-order valence-corrected chi connectivity index (χ3v) is 7.80. The summed E-state index contributed by atoms with van der Waals surface area (Å²) in [6.07, 6.45) is 5.36. The predicted octanol–water partition coefficient (Wildman–Crippen LogP) is 3.36. The van der Waals surface area contributed by atoms with Gasteiger partial charge in [-0.05, 0) is 55.5 Å². The molecule has 2 N–H and O–H groups in total. The molecule has 8 nitrogen and oxygen atoms in total. The number of nitrogens with zero attached hydrogens (tertiary/aromatic N) is 2.